The molecule has 11 heavy (non-hydrogen) atoms. The topological polar surface area (TPSA) is 52.0 Å². The first-order valence-electron chi connectivity index (χ1n) is 3.88. The molecule has 0 fully saturated rings. The molecule has 4 N–H and O–H groups in total. The van der Waals surface area contributed by atoms with Gasteiger partial charge in [-0.05, 0) is 17.5 Å². The third-order valence-electron chi connectivity index (χ3n) is 2.33. The summed E-state index contributed by atoms with van der Waals surface area (Å²) in [6.07, 6.45) is 0.928. The fourth-order valence-electron chi connectivity index (χ4n) is 1.66. The number of fused-ring (bicyclic) bond motifs is 1. The Morgan fingerprint density at radius 2 is 1.91 bits per heavy atom. The molecule has 0 bridgehead atoms. The SMILES string of the molecule is N[C@@H]1Cc2ccccc2[C@@H]1N. The highest BCUT2D eigenvalue weighted by Crippen LogP contribution is 2.27. The molecule has 2 nitrogen and oxygen atoms in total. The largest absolute Gasteiger partial charge is 0.326 e. The number of hydrogen-bond donors (Lipinski definition) is 2. The summed E-state index contributed by atoms with van der Waals surface area (Å²) < 4.78 is 0. The second-order valence-corrected chi connectivity index (χ2v) is 3.09. The van der Waals surface area contributed by atoms with Gasteiger partial charge in [-0.3, -0.25) is 0 Å². The molecule has 1 aromatic carbocycles. The summed E-state index contributed by atoms with van der Waals surface area (Å²) in [5.74, 6) is 0. The van der Waals surface area contributed by atoms with Gasteiger partial charge in [-0.15, -0.1) is 0 Å². The Kier molecular flexibility index (Phi) is 1.44. The van der Waals surface area contributed by atoms with Crippen molar-refractivity contribution in [3.8, 4) is 0 Å². The number of rotatable bonds is 0. The molecule has 0 aliphatic heterocycles. The first-order valence-corrected chi connectivity index (χ1v) is 3.88. The highest BCUT2D eigenvalue weighted by Gasteiger charge is 2.25. The van der Waals surface area contributed by atoms with Crippen molar-refractivity contribution in [2.75, 3.05) is 0 Å². The maximum atomic E-state index is 5.86. The maximum absolute atomic E-state index is 5.86. The molecule has 0 spiro atoms. The quantitative estimate of drug-likeness (QED) is 0.565. The van der Waals surface area contributed by atoms with Crippen LogP contribution in [0.2, 0.25) is 0 Å². The van der Waals surface area contributed by atoms with Gasteiger partial charge in [-0.1, -0.05) is 24.3 Å². The molecule has 58 valence electrons. The van der Waals surface area contributed by atoms with E-state index in [1.165, 1.54) is 11.1 Å². The Bertz CT molecular complexity index is 270. The molecule has 2 heteroatoms. The molecule has 0 aromatic heterocycles. The van der Waals surface area contributed by atoms with Crippen LogP contribution < -0.4 is 11.5 Å². The third-order valence-corrected chi connectivity index (χ3v) is 2.33. The lowest BCUT2D eigenvalue weighted by Crippen LogP contribution is -2.30. The fraction of sp³-hybridized carbons (Fsp3) is 0.333. The fourth-order valence-corrected chi connectivity index (χ4v) is 1.66. The summed E-state index contributed by atoms with van der Waals surface area (Å²) in [6.45, 7) is 0. The van der Waals surface area contributed by atoms with Crippen LogP contribution in [0.5, 0.6) is 0 Å². The van der Waals surface area contributed by atoms with Gasteiger partial charge in [0, 0.05) is 12.1 Å². The van der Waals surface area contributed by atoms with E-state index in [0.717, 1.165) is 6.42 Å². The van der Waals surface area contributed by atoms with E-state index in [2.05, 4.69) is 12.1 Å². The van der Waals surface area contributed by atoms with Crippen molar-refractivity contribution < 1.29 is 0 Å². The molecule has 2 atom stereocenters. The molecule has 1 aliphatic carbocycles. The molecule has 2 rings (SSSR count). The normalized spacial score (nSPS) is 28.5. The summed E-state index contributed by atoms with van der Waals surface area (Å²) in [4.78, 5) is 0. The van der Waals surface area contributed by atoms with E-state index in [1.807, 2.05) is 12.1 Å². The predicted octanol–water partition coefficient (Wildman–Crippen LogP) is 0.570. The zero-order valence-corrected chi connectivity index (χ0v) is 6.33. The van der Waals surface area contributed by atoms with Crippen molar-refractivity contribution >= 4 is 0 Å². The van der Waals surface area contributed by atoms with E-state index < -0.39 is 0 Å². The highest BCUT2D eigenvalue weighted by molar-refractivity contribution is 5.36. The lowest BCUT2D eigenvalue weighted by molar-refractivity contribution is 0.593. The molecule has 0 amide bonds. The van der Waals surface area contributed by atoms with E-state index >= 15 is 0 Å². The monoisotopic (exact) mass is 148 g/mol. The predicted molar refractivity (Wildman–Crippen MR) is 45.0 cm³/mol. The lowest BCUT2D eigenvalue weighted by atomic mass is 10.1. The van der Waals surface area contributed by atoms with E-state index in [0.29, 0.717) is 0 Å². The number of nitrogens with two attached hydrogens (primary N) is 2. The summed E-state index contributed by atoms with van der Waals surface area (Å²) in [5.41, 5.74) is 14.2. The van der Waals surface area contributed by atoms with Crippen LogP contribution in [-0.2, 0) is 6.42 Å². The lowest BCUT2D eigenvalue weighted by Gasteiger charge is -2.08. The van der Waals surface area contributed by atoms with Crippen molar-refractivity contribution in [2.45, 2.75) is 18.5 Å². The molecule has 0 saturated heterocycles. The highest BCUT2D eigenvalue weighted by atomic mass is 14.8. The van der Waals surface area contributed by atoms with Crippen LogP contribution in [0.4, 0.5) is 0 Å². The van der Waals surface area contributed by atoms with Crippen molar-refractivity contribution in [3.05, 3.63) is 35.4 Å². The maximum Gasteiger partial charge on any atom is 0.0454 e. The minimum absolute atomic E-state index is 0.0474. The molecule has 0 radical (unpaired) electrons. The van der Waals surface area contributed by atoms with Gasteiger partial charge in [-0.2, -0.15) is 0 Å². The van der Waals surface area contributed by atoms with Gasteiger partial charge in [-0.25, -0.2) is 0 Å². The molecule has 0 heterocycles. The van der Waals surface area contributed by atoms with Crippen molar-refractivity contribution in [3.63, 3.8) is 0 Å². The van der Waals surface area contributed by atoms with E-state index in [1.54, 1.807) is 0 Å². The van der Waals surface area contributed by atoms with Gasteiger partial charge in [0.15, 0.2) is 0 Å². The zero-order chi connectivity index (χ0) is 7.84. The summed E-state index contributed by atoms with van der Waals surface area (Å²) in [6, 6.07) is 8.37. The van der Waals surface area contributed by atoms with E-state index in [9.17, 15) is 0 Å². The Balaban J connectivity index is 2.47. The Hall–Kier alpha value is -0.860. The molecule has 0 unspecified atom stereocenters. The van der Waals surface area contributed by atoms with Crippen LogP contribution in [0.1, 0.15) is 17.2 Å². The molecule has 0 saturated carbocycles. The van der Waals surface area contributed by atoms with Gasteiger partial charge in [0.25, 0.3) is 0 Å². The average molecular weight is 148 g/mol. The second-order valence-electron chi connectivity index (χ2n) is 3.09. The van der Waals surface area contributed by atoms with Crippen molar-refractivity contribution in [1.82, 2.24) is 0 Å². The Morgan fingerprint density at radius 3 is 2.64 bits per heavy atom. The van der Waals surface area contributed by atoms with Crippen LogP contribution in [0.3, 0.4) is 0 Å². The van der Waals surface area contributed by atoms with Crippen LogP contribution in [0, 0.1) is 0 Å². The third kappa shape index (κ3) is 0.951. The molecular formula is C9H12N2. The number of hydrogen-bond acceptors (Lipinski definition) is 2. The van der Waals surface area contributed by atoms with Crippen molar-refractivity contribution in [1.29, 1.82) is 0 Å². The minimum atomic E-state index is 0.0474. The average Bonchev–Trinajstić information content (AvgIpc) is 2.30. The summed E-state index contributed by atoms with van der Waals surface area (Å²) in [7, 11) is 0. The zero-order valence-electron chi connectivity index (χ0n) is 6.33. The van der Waals surface area contributed by atoms with Gasteiger partial charge < -0.3 is 11.5 Å². The van der Waals surface area contributed by atoms with E-state index in [4.69, 9.17) is 11.5 Å². The first-order chi connectivity index (χ1) is 5.29. The Morgan fingerprint density at radius 1 is 1.18 bits per heavy atom. The Labute approximate surface area is 66.2 Å². The smallest absolute Gasteiger partial charge is 0.0454 e. The number of benzene rings is 1. The summed E-state index contributed by atoms with van der Waals surface area (Å²) in [5, 5.41) is 0. The first kappa shape index (κ1) is 6.83. The van der Waals surface area contributed by atoms with E-state index in [-0.39, 0.29) is 12.1 Å². The van der Waals surface area contributed by atoms with Crippen molar-refractivity contribution in [2.24, 2.45) is 11.5 Å². The standard InChI is InChI=1S/C9H12N2/c10-8-5-6-3-1-2-4-7(6)9(8)11/h1-4,8-9H,5,10-11H2/t8-,9+/m1/s1. The summed E-state index contributed by atoms with van der Waals surface area (Å²) >= 11 is 0. The van der Waals surface area contributed by atoms with Crippen LogP contribution >= 0.6 is 0 Å². The van der Waals surface area contributed by atoms with Gasteiger partial charge >= 0.3 is 0 Å². The molecular weight excluding hydrogens is 136 g/mol. The van der Waals surface area contributed by atoms with Gasteiger partial charge in [0.05, 0.1) is 0 Å². The second kappa shape index (κ2) is 2.32. The minimum Gasteiger partial charge on any atom is -0.326 e. The van der Waals surface area contributed by atoms with Gasteiger partial charge in [0.2, 0.25) is 0 Å². The molecule has 1 aromatic rings. The van der Waals surface area contributed by atoms with Crippen LogP contribution in [-0.4, -0.2) is 6.04 Å². The molecule has 1 aliphatic rings. The van der Waals surface area contributed by atoms with Crippen LogP contribution in [0.15, 0.2) is 24.3 Å². The van der Waals surface area contributed by atoms with Crippen LogP contribution in [0.25, 0.3) is 0 Å². The van der Waals surface area contributed by atoms with Gasteiger partial charge in [0.1, 0.15) is 0 Å².